The van der Waals surface area contributed by atoms with E-state index in [9.17, 15) is 4.79 Å². The molecule has 2 aromatic carbocycles. The van der Waals surface area contributed by atoms with Gasteiger partial charge in [0.15, 0.2) is 0 Å². The van der Waals surface area contributed by atoms with E-state index >= 15 is 0 Å². The Hall–Kier alpha value is -1.79. The standard InChI is InChI=1S/C23H25Cl2N3O2/c1-13(29)26-15-3-2-4-18(9-15)30-23-20-7-14(24)8-21(25)19(20)10-22(23)28-11-16-5-6-17(12-28)27-16/h2-4,7-9,16-17,22-23,27H,5-6,10-12H2,1H3,(H,26,29)/t16-,17-,22-,23-/m0/s1. The molecule has 4 atom stereocenters. The summed E-state index contributed by atoms with van der Waals surface area (Å²) in [7, 11) is 0. The molecule has 5 nitrogen and oxygen atoms in total. The van der Waals surface area contributed by atoms with Crippen molar-refractivity contribution in [1.29, 1.82) is 0 Å². The quantitative estimate of drug-likeness (QED) is 0.730. The predicted octanol–water partition coefficient (Wildman–Crippen LogP) is 4.43. The Morgan fingerprint density at radius 3 is 2.67 bits per heavy atom. The minimum atomic E-state index is -0.165. The van der Waals surface area contributed by atoms with Crippen LogP contribution in [-0.4, -0.2) is 42.0 Å². The zero-order valence-corrected chi connectivity index (χ0v) is 18.3. The smallest absolute Gasteiger partial charge is 0.221 e. The second-order valence-corrected chi connectivity index (χ2v) is 9.41. The second-order valence-electron chi connectivity index (χ2n) is 8.57. The zero-order valence-electron chi connectivity index (χ0n) is 16.8. The van der Waals surface area contributed by atoms with Crippen molar-refractivity contribution >= 4 is 34.8 Å². The SMILES string of the molecule is CC(=O)Nc1cccc(O[C@H]2c3cc(Cl)cc(Cl)c3C[C@@H]2N2C[C@@H]3CC[C@@H](C2)N3)c1. The van der Waals surface area contributed by atoms with Crippen LogP contribution in [0.3, 0.4) is 0 Å². The van der Waals surface area contributed by atoms with Crippen molar-refractivity contribution in [1.82, 2.24) is 10.2 Å². The number of hydrogen-bond acceptors (Lipinski definition) is 4. The lowest BCUT2D eigenvalue weighted by Gasteiger charge is -2.39. The molecule has 2 N–H and O–H groups in total. The molecule has 5 rings (SSSR count). The minimum Gasteiger partial charge on any atom is -0.484 e. The second kappa shape index (κ2) is 8.04. The highest BCUT2D eigenvalue weighted by molar-refractivity contribution is 6.35. The Labute approximate surface area is 186 Å². The molecule has 7 heteroatoms. The van der Waals surface area contributed by atoms with Crippen molar-refractivity contribution in [2.75, 3.05) is 18.4 Å². The van der Waals surface area contributed by atoms with Gasteiger partial charge in [0.05, 0.1) is 6.04 Å². The van der Waals surface area contributed by atoms with Crippen molar-refractivity contribution in [2.45, 2.75) is 50.4 Å². The van der Waals surface area contributed by atoms with Gasteiger partial charge in [-0.3, -0.25) is 9.69 Å². The third-order valence-electron chi connectivity index (χ3n) is 6.40. The summed E-state index contributed by atoms with van der Waals surface area (Å²) < 4.78 is 6.56. The van der Waals surface area contributed by atoms with Gasteiger partial charge in [-0.25, -0.2) is 0 Å². The van der Waals surface area contributed by atoms with Gasteiger partial charge in [-0.15, -0.1) is 0 Å². The number of halogens is 2. The fourth-order valence-corrected chi connectivity index (χ4v) is 5.76. The van der Waals surface area contributed by atoms with E-state index in [0.29, 0.717) is 22.1 Å². The molecule has 2 saturated heterocycles. The highest BCUT2D eigenvalue weighted by Gasteiger charge is 2.43. The minimum absolute atomic E-state index is 0.105. The average Bonchev–Trinajstić information content (AvgIpc) is 3.21. The van der Waals surface area contributed by atoms with Gasteiger partial charge >= 0.3 is 0 Å². The summed E-state index contributed by atoms with van der Waals surface area (Å²) in [6.45, 7) is 3.54. The topological polar surface area (TPSA) is 53.6 Å². The number of amides is 1. The summed E-state index contributed by atoms with van der Waals surface area (Å²) >= 11 is 12.9. The van der Waals surface area contributed by atoms with Gasteiger partial charge in [0.1, 0.15) is 11.9 Å². The number of anilines is 1. The van der Waals surface area contributed by atoms with Crippen LogP contribution in [0.2, 0.25) is 10.0 Å². The maximum Gasteiger partial charge on any atom is 0.221 e. The molecule has 2 bridgehead atoms. The first-order valence-electron chi connectivity index (χ1n) is 10.5. The van der Waals surface area contributed by atoms with Crippen LogP contribution in [0.25, 0.3) is 0 Å². The fraction of sp³-hybridized carbons (Fsp3) is 0.435. The van der Waals surface area contributed by atoms with Gasteiger partial charge in [-0.1, -0.05) is 29.3 Å². The number of nitrogens with one attached hydrogen (secondary N) is 2. The summed E-state index contributed by atoms with van der Waals surface area (Å²) in [4.78, 5) is 14.0. The van der Waals surface area contributed by atoms with Crippen LogP contribution in [0.4, 0.5) is 5.69 Å². The van der Waals surface area contributed by atoms with Gasteiger partial charge in [0, 0.05) is 59.5 Å². The Balaban J connectivity index is 1.47. The van der Waals surface area contributed by atoms with E-state index < -0.39 is 0 Å². The molecular formula is C23H25Cl2N3O2. The third kappa shape index (κ3) is 3.92. The van der Waals surface area contributed by atoms with Crippen LogP contribution in [0.1, 0.15) is 37.0 Å². The lowest BCUT2D eigenvalue weighted by atomic mass is 10.1. The number of benzene rings is 2. The van der Waals surface area contributed by atoms with Crippen LogP contribution in [0, 0.1) is 0 Å². The number of hydrogen-bond donors (Lipinski definition) is 2. The first kappa shape index (κ1) is 20.1. The molecule has 2 aliphatic heterocycles. The summed E-state index contributed by atoms with van der Waals surface area (Å²) in [6, 6.07) is 12.6. The number of rotatable bonds is 4. The van der Waals surface area contributed by atoms with Gasteiger partial charge in [0.25, 0.3) is 0 Å². The molecule has 1 aliphatic carbocycles. The molecule has 0 saturated carbocycles. The van der Waals surface area contributed by atoms with Gasteiger partial charge < -0.3 is 15.4 Å². The van der Waals surface area contributed by atoms with Crippen molar-refractivity contribution < 1.29 is 9.53 Å². The molecule has 0 spiro atoms. The van der Waals surface area contributed by atoms with Crippen molar-refractivity contribution in [2.24, 2.45) is 0 Å². The Kier molecular flexibility index (Phi) is 5.40. The van der Waals surface area contributed by atoms with Crippen LogP contribution in [-0.2, 0) is 11.2 Å². The molecule has 0 unspecified atom stereocenters. The normalized spacial score (nSPS) is 27.7. The van der Waals surface area contributed by atoms with Crippen LogP contribution < -0.4 is 15.4 Å². The Bertz CT molecular complexity index is 971. The van der Waals surface area contributed by atoms with Gasteiger partial charge in [-0.2, -0.15) is 0 Å². The average molecular weight is 446 g/mol. The van der Waals surface area contributed by atoms with E-state index in [2.05, 4.69) is 15.5 Å². The lowest BCUT2D eigenvalue weighted by molar-refractivity contribution is -0.114. The van der Waals surface area contributed by atoms with Crippen LogP contribution >= 0.6 is 23.2 Å². The van der Waals surface area contributed by atoms with Crippen LogP contribution in [0.15, 0.2) is 36.4 Å². The molecule has 2 aromatic rings. The van der Waals surface area contributed by atoms with E-state index in [1.54, 1.807) is 0 Å². The molecule has 1 amide bonds. The molecular weight excluding hydrogens is 421 g/mol. The first-order valence-corrected chi connectivity index (χ1v) is 11.2. The number of piperazine rings is 1. The number of fused-ring (bicyclic) bond motifs is 3. The Morgan fingerprint density at radius 2 is 1.93 bits per heavy atom. The molecule has 158 valence electrons. The molecule has 2 heterocycles. The summed E-state index contributed by atoms with van der Waals surface area (Å²) in [5.41, 5.74) is 2.91. The van der Waals surface area contributed by atoms with Crippen LogP contribution in [0.5, 0.6) is 5.75 Å². The van der Waals surface area contributed by atoms with E-state index in [0.717, 1.165) is 42.1 Å². The highest BCUT2D eigenvalue weighted by Crippen LogP contribution is 2.43. The third-order valence-corrected chi connectivity index (χ3v) is 6.95. The van der Waals surface area contributed by atoms with Crippen molar-refractivity contribution in [3.05, 3.63) is 57.6 Å². The number of carbonyl (C=O) groups excluding carboxylic acids is 1. The molecule has 3 aliphatic rings. The summed E-state index contributed by atoms with van der Waals surface area (Å²) in [5, 5.41) is 7.86. The molecule has 2 fully saturated rings. The maximum absolute atomic E-state index is 11.4. The maximum atomic E-state index is 11.4. The number of ether oxygens (including phenoxy) is 1. The van der Waals surface area contributed by atoms with E-state index in [4.69, 9.17) is 27.9 Å². The zero-order chi connectivity index (χ0) is 20.8. The monoisotopic (exact) mass is 445 g/mol. The van der Waals surface area contributed by atoms with Gasteiger partial charge in [-0.05, 0) is 49.1 Å². The largest absolute Gasteiger partial charge is 0.484 e. The van der Waals surface area contributed by atoms with Crippen molar-refractivity contribution in [3.63, 3.8) is 0 Å². The fourth-order valence-electron chi connectivity index (χ4n) is 5.18. The molecule has 30 heavy (non-hydrogen) atoms. The van der Waals surface area contributed by atoms with Gasteiger partial charge in [0.2, 0.25) is 5.91 Å². The van der Waals surface area contributed by atoms with E-state index in [1.807, 2.05) is 36.4 Å². The first-order chi connectivity index (χ1) is 14.5. The van der Waals surface area contributed by atoms with Crippen molar-refractivity contribution in [3.8, 4) is 5.75 Å². The number of likely N-dealkylation sites (tertiary alicyclic amines) is 1. The lowest BCUT2D eigenvalue weighted by Crippen LogP contribution is -2.55. The summed E-state index contributed by atoms with van der Waals surface area (Å²) in [5.74, 6) is 0.615. The Morgan fingerprint density at radius 1 is 1.17 bits per heavy atom. The molecule has 0 radical (unpaired) electrons. The van der Waals surface area contributed by atoms with E-state index in [1.165, 1.54) is 19.8 Å². The summed E-state index contributed by atoms with van der Waals surface area (Å²) in [6.07, 6.45) is 3.15. The number of nitrogens with zero attached hydrogens (tertiary/aromatic N) is 1. The molecule has 0 aromatic heterocycles. The number of carbonyl (C=O) groups is 1. The predicted molar refractivity (Wildman–Crippen MR) is 120 cm³/mol. The highest BCUT2D eigenvalue weighted by atomic mass is 35.5. The van der Waals surface area contributed by atoms with E-state index in [-0.39, 0.29) is 18.1 Å².